The van der Waals surface area contributed by atoms with E-state index in [1.54, 1.807) is 20.8 Å². The Bertz CT molecular complexity index is 1970. The molecule has 6 rings (SSSR count). The molecule has 1 unspecified atom stereocenters. The Hall–Kier alpha value is -5.73. The summed E-state index contributed by atoms with van der Waals surface area (Å²) < 4.78 is 11.1. The van der Waals surface area contributed by atoms with Crippen molar-refractivity contribution in [2.45, 2.75) is 61.8 Å². The highest BCUT2D eigenvalue weighted by Crippen LogP contribution is 2.49. The predicted octanol–water partition coefficient (Wildman–Crippen LogP) is 2.72. The number of hydrogen-bond donors (Lipinski definition) is 4. The van der Waals surface area contributed by atoms with Crippen LogP contribution < -0.4 is 16.5 Å². The van der Waals surface area contributed by atoms with Crippen molar-refractivity contribution in [2.24, 2.45) is 11.0 Å². The summed E-state index contributed by atoms with van der Waals surface area (Å²) in [6.07, 6.45) is -2.94. The maximum Gasteiger partial charge on any atom is 0.413 e. The van der Waals surface area contributed by atoms with Crippen LogP contribution in [0.3, 0.4) is 0 Å². The van der Waals surface area contributed by atoms with E-state index in [-0.39, 0.29) is 30.5 Å². The molecule has 0 aliphatic carbocycles. The molecule has 3 fully saturated rings. The molecule has 2 aromatic carbocycles. The van der Waals surface area contributed by atoms with E-state index in [2.05, 4.69) is 20.8 Å². The van der Waals surface area contributed by atoms with E-state index in [0.29, 0.717) is 11.1 Å². The predicted molar refractivity (Wildman–Crippen MR) is 198 cm³/mol. The van der Waals surface area contributed by atoms with Gasteiger partial charge in [-0.3, -0.25) is 24.8 Å². The fourth-order valence-electron chi connectivity index (χ4n) is 5.91. The van der Waals surface area contributed by atoms with Crippen molar-refractivity contribution in [3.05, 3.63) is 82.9 Å². The molecule has 0 spiro atoms. The summed E-state index contributed by atoms with van der Waals surface area (Å²) in [5.74, 6) is 1.99. The van der Waals surface area contributed by atoms with E-state index in [4.69, 9.17) is 20.2 Å². The van der Waals surface area contributed by atoms with E-state index in [9.17, 15) is 33.9 Å². The van der Waals surface area contributed by atoms with Crippen LogP contribution in [0.25, 0.3) is 0 Å². The minimum absolute atomic E-state index is 0.0239. The van der Waals surface area contributed by atoms with Gasteiger partial charge in [-0.1, -0.05) is 77.6 Å². The number of amides is 5. The second-order valence-electron chi connectivity index (χ2n) is 13.6. The Morgan fingerprint density at radius 2 is 1.67 bits per heavy atom. The number of hydrogen-bond acceptors (Lipinski definition) is 14. The number of carbonyl (C=O) groups is 6. The summed E-state index contributed by atoms with van der Waals surface area (Å²) in [6.45, 7) is 6.21. The van der Waals surface area contributed by atoms with Gasteiger partial charge in [0.1, 0.15) is 22.7 Å². The number of thiazole rings is 1. The third kappa shape index (κ3) is 8.20. The summed E-state index contributed by atoms with van der Waals surface area (Å²) in [6, 6.07) is 16.2. The van der Waals surface area contributed by atoms with Crippen molar-refractivity contribution < 1.29 is 48.2 Å². The van der Waals surface area contributed by atoms with Crippen LogP contribution in [0, 0.1) is 0 Å². The number of anilines is 1. The normalized spacial score (nSPS) is 21.5. The standard InChI is InChI=1S/C35H38N8O10S2/c1-19(29(46)51-25(20-11-7-5-8-12-20)21-13-9-6-10-14-21)53-40-23(22-17-54-31(37-22)39-32(49)52-34(2,3)4)26(44)38-24-27(45)41-18-35(30(47)48,55-28(24)41)42-15-16-43(36)33(42)50/h5-14,17,19,24-25,28H,15-16,18,36H2,1-4H3,(H,38,44)(H,47,48)(H,37,39,49)/b40-23-/t19?,24-,28-,35-/m1/s1. The van der Waals surface area contributed by atoms with Gasteiger partial charge in [0.15, 0.2) is 16.9 Å². The number of carboxylic acids is 1. The summed E-state index contributed by atoms with van der Waals surface area (Å²) in [4.78, 5) is 88.6. The lowest BCUT2D eigenvalue weighted by molar-refractivity contribution is -0.160. The molecular formula is C35H38N8O10S2. The molecule has 0 bridgehead atoms. The van der Waals surface area contributed by atoms with Crippen molar-refractivity contribution >= 4 is 69.8 Å². The number of carbonyl (C=O) groups excluding carboxylic acids is 5. The smallest absolute Gasteiger partial charge is 0.413 e. The molecule has 4 atom stereocenters. The Morgan fingerprint density at radius 1 is 1.04 bits per heavy atom. The Balaban J connectivity index is 1.22. The number of carboxylic acid groups (broad SMARTS) is 1. The van der Waals surface area contributed by atoms with E-state index < -0.39 is 75.7 Å². The molecule has 1 aromatic heterocycles. The van der Waals surface area contributed by atoms with Crippen LogP contribution in [-0.2, 0) is 33.5 Å². The Kier molecular flexibility index (Phi) is 11.0. The molecule has 55 heavy (non-hydrogen) atoms. The van der Waals surface area contributed by atoms with E-state index in [0.717, 1.165) is 33.0 Å². The average Bonchev–Trinajstić information content (AvgIpc) is 3.85. The zero-order chi connectivity index (χ0) is 39.7. The number of ether oxygens (including phenoxy) is 2. The highest BCUT2D eigenvalue weighted by molar-refractivity contribution is 8.02. The molecule has 3 aliphatic heterocycles. The number of oxime groups is 1. The molecule has 5 amide bonds. The molecule has 3 aliphatic rings. The SMILES string of the molecule is CC(O/N=C(\C(=O)N[C@@H]1C(=O)N2C[C@@](C(=O)O)(N3CCN(N)C3=O)S[C@H]12)c1csc(NC(=O)OC(C)(C)C)n1)C(=O)OC(c1ccccc1)c1ccccc1. The molecule has 5 N–H and O–H groups in total. The van der Waals surface area contributed by atoms with Gasteiger partial charge in [-0.25, -0.2) is 30.0 Å². The van der Waals surface area contributed by atoms with Crippen molar-refractivity contribution in [3.63, 3.8) is 0 Å². The highest BCUT2D eigenvalue weighted by Gasteiger charge is 2.66. The van der Waals surface area contributed by atoms with Gasteiger partial charge in [0.25, 0.3) is 5.91 Å². The topological polar surface area (TPSA) is 235 Å². The van der Waals surface area contributed by atoms with Gasteiger partial charge in [-0.15, -0.1) is 11.3 Å². The molecule has 3 saturated heterocycles. The molecule has 0 radical (unpaired) electrons. The molecule has 20 heteroatoms. The first-order valence-electron chi connectivity index (χ1n) is 16.9. The van der Waals surface area contributed by atoms with Crippen LogP contribution in [0.5, 0.6) is 0 Å². The monoisotopic (exact) mass is 794 g/mol. The zero-order valence-electron chi connectivity index (χ0n) is 30.0. The summed E-state index contributed by atoms with van der Waals surface area (Å²) in [5.41, 5.74) is 0.0454. The fourth-order valence-corrected chi connectivity index (χ4v) is 8.23. The van der Waals surface area contributed by atoms with E-state index >= 15 is 0 Å². The van der Waals surface area contributed by atoms with Gasteiger partial charge in [-0.2, -0.15) is 0 Å². The van der Waals surface area contributed by atoms with Gasteiger partial charge in [-0.05, 0) is 38.8 Å². The van der Waals surface area contributed by atoms with Crippen molar-refractivity contribution in [1.29, 1.82) is 0 Å². The van der Waals surface area contributed by atoms with Gasteiger partial charge >= 0.3 is 24.1 Å². The molecule has 3 aromatic rings. The maximum absolute atomic E-state index is 13.9. The number of β-lactam (4-membered cyclic amide) rings is 1. The summed E-state index contributed by atoms with van der Waals surface area (Å²) >= 11 is 1.76. The number of nitrogens with two attached hydrogens (primary N) is 1. The third-order valence-electron chi connectivity index (χ3n) is 8.58. The Morgan fingerprint density at radius 3 is 2.24 bits per heavy atom. The second kappa shape index (κ2) is 15.6. The van der Waals surface area contributed by atoms with Crippen LogP contribution in [0.4, 0.5) is 14.7 Å². The van der Waals surface area contributed by atoms with Crippen molar-refractivity contribution in [1.82, 2.24) is 25.1 Å². The maximum atomic E-state index is 13.9. The lowest BCUT2D eigenvalue weighted by Gasteiger charge is -2.41. The number of aromatic nitrogens is 1. The number of aliphatic carboxylic acids is 1. The van der Waals surface area contributed by atoms with Gasteiger partial charge in [0.2, 0.25) is 16.9 Å². The van der Waals surface area contributed by atoms with Crippen LogP contribution in [0.1, 0.15) is 50.6 Å². The largest absolute Gasteiger partial charge is 0.479 e. The number of esters is 1. The lowest BCUT2D eigenvalue weighted by Crippen LogP contribution is -2.68. The number of benzene rings is 2. The third-order valence-corrected chi connectivity index (χ3v) is 11.0. The van der Waals surface area contributed by atoms with Crippen molar-refractivity contribution in [3.8, 4) is 0 Å². The molecule has 0 saturated carbocycles. The first-order chi connectivity index (χ1) is 26.1. The quantitative estimate of drug-likeness (QED) is 0.0516. The number of thioether (sulfide) groups is 1. The molecular weight excluding hydrogens is 757 g/mol. The number of rotatable bonds is 12. The van der Waals surface area contributed by atoms with Crippen molar-refractivity contribution in [2.75, 3.05) is 25.0 Å². The first-order valence-corrected chi connectivity index (χ1v) is 18.7. The van der Waals surface area contributed by atoms with Gasteiger partial charge in [0, 0.05) is 11.9 Å². The number of nitrogens with one attached hydrogen (secondary N) is 2. The first kappa shape index (κ1) is 39.0. The van der Waals surface area contributed by atoms with E-state index in [1.807, 2.05) is 60.7 Å². The average molecular weight is 795 g/mol. The zero-order valence-corrected chi connectivity index (χ0v) is 31.7. The number of nitrogens with zero attached hydrogens (tertiary/aromatic N) is 5. The minimum atomic E-state index is -1.84. The number of urea groups is 1. The minimum Gasteiger partial charge on any atom is -0.479 e. The molecule has 18 nitrogen and oxygen atoms in total. The second-order valence-corrected chi connectivity index (χ2v) is 15.9. The Labute approximate surface area is 322 Å². The summed E-state index contributed by atoms with van der Waals surface area (Å²) in [7, 11) is 0. The number of fused-ring (bicyclic) bond motifs is 1. The molecule has 290 valence electrons. The van der Waals surface area contributed by atoms with Gasteiger partial charge < -0.3 is 29.6 Å². The summed E-state index contributed by atoms with van der Waals surface area (Å²) in [5, 5.41) is 20.7. The lowest BCUT2D eigenvalue weighted by atomic mass is 10.0. The van der Waals surface area contributed by atoms with Crippen LogP contribution >= 0.6 is 23.1 Å². The van der Waals surface area contributed by atoms with Crippen LogP contribution in [-0.4, -0.2) is 114 Å². The highest BCUT2D eigenvalue weighted by atomic mass is 32.2. The fraction of sp³-hybridized carbons (Fsp3) is 0.371. The van der Waals surface area contributed by atoms with Crippen LogP contribution in [0.15, 0.2) is 71.2 Å². The molecule has 4 heterocycles. The van der Waals surface area contributed by atoms with Crippen LogP contribution in [0.2, 0.25) is 0 Å². The number of hydrazine groups is 1. The van der Waals surface area contributed by atoms with Gasteiger partial charge in [0.05, 0.1) is 13.1 Å². The van der Waals surface area contributed by atoms with E-state index in [1.165, 1.54) is 17.2 Å².